The number of furan rings is 1. The van der Waals surface area contributed by atoms with E-state index in [1.54, 1.807) is 6.26 Å². The first-order chi connectivity index (χ1) is 12.7. The molecule has 146 valence electrons. The van der Waals surface area contributed by atoms with Gasteiger partial charge < -0.3 is 13.9 Å². The number of rotatable bonds is 1. The minimum absolute atomic E-state index is 0.0141. The lowest BCUT2D eigenvalue weighted by atomic mass is 9.42. The lowest BCUT2D eigenvalue weighted by Gasteiger charge is -2.62. The Hall–Kier alpha value is -1.78. The molecule has 1 aromatic heterocycles. The van der Waals surface area contributed by atoms with Gasteiger partial charge in [0.1, 0.15) is 18.0 Å². The minimum atomic E-state index is -0.369. The van der Waals surface area contributed by atoms with E-state index in [0.29, 0.717) is 5.92 Å². The molecule has 0 amide bonds. The molecule has 0 spiro atoms. The molecule has 0 aromatic carbocycles. The number of hydrogen-bond acceptors (Lipinski definition) is 5. The van der Waals surface area contributed by atoms with Gasteiger partial charge in [0.2, 0.25) is 0 Å². The lowest BCUT2D eigenvalue weighted by molar-refractivity contribution is -0.218. The average molecular weight is 372 g/mol. The van der Waals surface area contributed by atoms with Crippen molar-refractivity contribution in [1.29, 1.82) is 0 Å². The molecule has 0 radical (unpaired) electrons. The molecular formula is C22H28O5. The predicted octanol–water partition coefficient (Wildman–Crippen LogP) is 3.86. The molecule has 5 nitrogen and oxygen atoms in total. The third-order valence-corrected chi connectivity index (χ3v) is 8.15. The zero-order valence-corrected chi connectivity index (χ0v) is 16.5. The van der Waals surface area contributed by atoms with Crippen LogP contribution in [0.5, 0.6) is 0 Å². The highest BCUT2D eigenvalue weighted by atomic mass is 16.6. The molecule has 27 heavy (non-hydrogen) atoms. The quantitative estimate of drug-likeness (QED) is 0.701. The summed E-state index contributed by atoms with van der Waals surface area (Å²) >= 11 is 0. The van der Waals surface area contributed by atoms with E-state index in [2.05, 4.69) is 20.8 Å². The highest BCUT2D eigenvalue weighted by Crippen LogP contribution is 2.67. The molecule has 5 heteroatoms. The number of esters is 2. The van der Waals surface area contributed by atoms with E-state index in [9.17, 15) is 9.59 Å². The van der Waals surface area contributed by atoms with E-state index in [-0.39, 0.29) is 52.7 Å². The van der Waals surface area contributed by atoms with E-state index in [1.165, 1.54) is 6.92 Å². The molecular weight excluding hydrogens is 344 g/mol. The van der Waals surface area contributed by atoms with Crippen LogP contribution in [-0.2, 0) is 25.5 Å². The van der Waals surface area contributed by atoms with Gasteiger partial charge in [-0.1, -0.05) is 27.2 Å². The Balaban J connectivity index is 1.69. The van der Waals surface area contributed by atoms with Crippen molar-refractivity contribution in [2.75, 3.05) is 0 Å². The normalized spacial score (nSPS) is 43.9. The molecule has 3 aliphatic carbocycles. The van der Waals surface area contributed by atoms with Gasteiger partial charge >= 0.3 is 11.9 Å². The second-order valence-electron chi connectivity index (χ2n) is 9.97. The van der Waals surface area contributed by atoms with Gasteiger partial charge in [0.05, 0.1) is 12.2 Å². The second kappa shape index (κ2) is 5.39. The smallest absolute Gasteiger partial charge is 0.314 e. The van der Waals surface area contributed by atoms with Crippen LogP contribution in [-0.4, -0.2) is 24.1 Å². The van der Waals surface area contributed by atoms with Gasteiger partial charge in [-0.3, -0.25) is 9.59 Å². The fraction of sp³-hybridized carbons (Fsp3) is 0.727. The van der Waals surface area contributed by atoms with Gasteiger partial charge in [-0.2, -0.15) is 0 Å². The Bertz CT molecular complexity index is 807. The van der Waals surface area contributed by atoms with Gasteiger partial charge in [0, 0.05) is 30.7 Å². The van der Waals surface area contributed by atoms with E-state index >= 15 is 0 Å². The highest BCUT2D eigenvalue weighted by Gasteiger charge is 2.69. The number of fused-ring (bicyclic) bond motifs is 4. The van der Waals surface area contributed by atoms with Gasteiger partial charge in [-0.15, -0.1) is 0 Å². The van der Waals surface area contributed by atoms with Crippen LogP contribution in [0.25, 0.3) is 0 Å². The predicted molar refractivity (Wildman–Crippen MR) is 96.8 cm³/mol. The summed E-state index contributed by atoms with van der Waals surface area (Å²) in [6, 6.07) is 1.92. The molecule has 0 bridgehead atoms. The van der Waals surface area contributed by atoms with Crippen LogP contribution in [0.15, 0.2) is 16.7 Å². The fourth-order valence-electron chi connectivity index (χ4n) is 7.40. The fourth-order valence-corrected chi connectivity index (χ4v) is 7.40. The monoisotopic (exact) mass is 372 g/mol. The maximum absolute atomic E-state index is 12.9. The minimum Gasteiger partial charge on any atom is -0.469 e. The number of ether oxygens (including phenoxy) is 2. The Labute approximate surface area is 159 Å². The average Bonchev–Trinajstić information content (AvgIpc) is 3.15. The zero-order chi connectivity index (χ0) is 19.1. The summed E-state index contributed by atoms with van der Waals surface area (Å²) in [4.78, 5) is 24.9. The summed E-state index contributed by atoms with van der Waals surface area (Å²) < 4.78 is 17.6. The van der Waals surface area contributed by atoms with Crippen LogP contribution in [0.2, 0.25) is 0 Å². The molecule has 0 N–H and O–H groups in total. The standard InChI is InChI=1S/C22H28O5/c1-11(23)26-18-17-16-13(22(4)8-5-7-21(2,3)19(18)22)10-14-12(6-9-25-14)15(16)20(24)27-17/h6,9,13,15-19H,5,7-8,10H2,1-4H3/t13-,15+,16+,17+,18-,19-,22+/m0/s1. The third kappa shape index (κ3) is 2.17. The Morgan fingerprint density at radius 2 is 2.04 bits per heavy atom. The molecule has 1 aliphatic heterocycles. The summed E-state index contributed by atoms with van der Waals surface area (Å²) in [7, 11) is 0. The Kier molecular flexibility index (Phi) is 3.46. The third-order valence-electron chi connectivity index (χ3n) is 8.15. The van der Waals surface area contributed by atoms with E-state index < -0.39 is 0 Å². The summed E-state index contributed by atoms with van der Waals surface area (Å²) in [5.74, 6) is 0.695. The first-order valence-corrected chi connectivity index (χ1v) is 10.2. The number of carbonyl (C=O) groups excluding carboxylic acids is 2. The van der Waals surface area contributed by atoms with Crippen LogP contribution < -0.4 is 0 Å². The van der Waals surface area contributed by atoms with Crippen LogP contribution >= 0.6 is 0 Å². The van der Waals surface area contributed by atoms with Crippen LogP contribution in [0, 0.1) is 28.6 Å². The van der Waals surface area contributed by atoms with Gasteiger partial charge in [-0.25, -0.2) is 0 Å². The summed E-state index contributed by atoms with van der Waals surface area (Å²) in [5, 5.41) is 0. The number of carbonyl (C=O) groups is 2. The molecule has 4 aliphatic rings. The molecule has 1 saturated heterocycles. The summed E-state index contributed by atoms with van der Waals surface area (Å²) in [6.45, 7) is 8.37. The van der Waals surface area contributed by atoms with Crippen molar-refractivity contribution in [3.05, 3.63) is 23.7 Å². The molecule has 7 atom stereocenters. The summed E-state index contributed by atoms with van der Waals surface area (Å²) in [6.07, 6.45) is 5.15. The van der Waals surface area contributed by atoms with E-state index in [0.717, 1.165) is 37.0 Å². The summed E-state index contributed by atoms with van der Waals surface area (Å²) in [5.41, 5.74) is 0.980. The molecule has 0 unspecified atom stereocenters. The molecule has 2 saturated carbocycles. The largest absolute Gasteiger partial charge is 0.469 e. The molecule has 2 heterocycles. The van der Waals surface area contributed by atoms with Crippen molar-refractivity contribution in [2.45, 2.75) is 71.5 Å². The van der Waals surface area contributed by atoms with Crippen molar-refractivity contribution < 1.29 is 23.5 Å². The first-order valence-electron chi connectivity index (χ1n) is 10.2. The Morgan fingerprint density at radius 3 is 2.78 bits per heavy atom. The maximum atomic E-state index is 12.9. The molecule has 3 fully saturated rings. The van der Waals surface area contributed by atoms with Gasteiger partial charge in [0.25, 0.3) is 0 Å². The Morgan fingerprint density at radius 1 is 1.26 bits per heavy atom. The van der Waals surface area contributed by atoms with Crippen LogP contribution in [0.1, 0.15) is 64.2 Å². The van der Waals surface area contributed by atoms with Crippen molar-refractivity contribution >= 4 is 11.9 Å². The molecule has 5 rings (SSSR count). The van der Waals surface area contributed by atoms with Crippen molar-refractivity contribution in [3.63, 3.8) is 0 Å². The SMILES string of the molecule is CC(=O)O[C@H]1[C@@H]2OC(=O)[C@@H]3c4ccoc4C[C@@H]([C@@H]23)[C@@]2(C)CCCC(C)(C)[C@H]12. The molecule has 1 aromatic rings. The van der Waals surface area contributed by atoms with Crippen molar-refractivity contribution in [1.82, 2.24) is 0 Å². The topological polar surface area (TPSA) is 65.7 Å². The van der Waals surface area contributed by atoms with E-state index in [1.807, 2.05) is 6.07 Å². The van der Waals surface area contributed by atoms with Crippen LogP contribution in [0.4, 0.5) is 0 Å². The maximum Gasteiger partial charge on any atom is 0.314 e. The highest BCUT2D eigenvalue weighted by molar-refractivity contribution is 5.82. The van der Waals surface area contributed by atoms with Crippen LogP contribution in [0.3, 0.4) is 0 Å². The first kappa shape index (κ1) is 17.3. The van der Waals surface area contributed by atoms with Crippen molar-refractivity contribution in [2.24, 2.45) is 28.6 Å². The zero-order valence-electron chi connectivity index (χ0n) is 16.5. The second-order valence-corrected chi connectivity index (χ2v) is 9.97. The number of hydrogen-bond donors (Lipinski definition) is 0. The lowest BCUT2D eigenvalue weighted by Crippen LogP contribution is -2.64. The van der Waals surface area contributed by atoms with Gasteiger partial charge in [0.15, 0.2) is 0 Å². The van der Waals surface area contributed by atoms with Gasteiger partial charge in [-0.05, 0) is 35.7 Å². The van der Waals surface area contributed by atoms with Crippen molar-refractivity contribution in [3.8, 4) is 0 Å². The van der Waals surface area contributed by atoms with E-state index in [4.69, 9.17) is 13.9 Å².